The van der Waals surface area contributed by atoms with Crippen LogP contribution in [0.4, 0.5) is 5.69 Å². The van der Waals surface area contributed by atoms with Crippen LogP contribution in [0.25, 0.3) is 10.2 Å². The number of rotatable bonds is 7. The number of aryl methyl sites for hydroxylation is 4. The number of nitrogens with one attached hydrogen (secondary N) is 1. The van der Waals surface area contributed by atoms with E-state index in [1.807, 2.05) is 49.4 Å². The fourth-order valence-corrected chi connectivity index (χ4v) is 6.57. The lowest BCUT2D eigenvalue weighted by molar-refractivity contribution is -0.113. The quantitative estimate of drug-likeness (QED) is 0.270. The lowest BCUT2D eigenvalue weighted by Crippen LogP contribution is -2.25. The molecule has 2 aromatic carbocycles. The van der Waals surface area contributed by atoms with Crippen molar-refractivity contribution in [1.29, 1.82) is 0 Å². The average molecular weight is 490 g/mol. The topological polar surface area (TPSA) is 64.0 Å². The van der Waals surface area contributed by atoms with Gasteiger partial charge in [0.25, 0.3) is 5.56 Å². The number of benzene rings is 2. The zero-order valence-corrected chi connectivity index (χ0v) is 20.8. The van der Waals surface area contributed by atoms with Crippen molar-refractivity contribution in [3.63, 3.8) is 0 Å². The second-order valence-electron chi connectivity index (χ2n) is 8.63. The summed E-state index contributed by atoms with van der Waals surface area (Å²) < 4.78 is 1.78. The van der Waals surface area contributed by atoms with Crippen LogP contribution in [0.2, 0.25) is 0 Å². The molecule has 0 radical (unpaired) electrons. The van der Waals surface area contributed by atoms with Crippen LogP contribution in [0.3, 0.4) is 0 Å². The number of carbonyl (C=O) groups excluding carboxylic acids is 1. The van der Waals surface area contributed by atoms with Gasteiger partial charge in [-0.2, -0.15) is 0 Å². The summed E-state index contributed by atoms with van der Waals surface area (Å²) >= 11 is 2.99. The van der Waals surface area contributed by atoms with E-state index in [1.54, 1.807) is 15.9 Å². The monoisotopic (exact) mass is 489 g/mol. The number of hydrogen-bond acceptors (Lipinski definition) is 5. The van der Waals surface area contributed by atoms with Gasteiger partial charge in [0.15, 0.2) is 5.16 Å². The van der Waals surface area contributed by atoms with Gasteiger partial charge in [-0.3, -0.25) is 14.2 Å². The summed E-state index contributed by atoms with van der Waals surface area (Å²) in [5, 5.41) is 4.39. The normalized spacial score (nSPS) is 13.1. The molecule has 4 aromatic rings. The SMILES string of the molecule is Cc1ccccc1NC(=O)CSc1nc2sc3c(c2c(=O)n1CCc1ccccc1)CCCC3. The summed E-state index contributed by atoms with van der Waals surface area (Å²) in [5.74, 6) is 0.0941. The molecule has 1 amide bonds. The van der Waals surface area contributed by atoms with Gasteiger partial charge in [-0.1, -0.05) is 60.3 Å². The molecule has 0 unspecified atom stereocenters. The zero-order valence-electron chi connectivity index (χ0n) is 19.2. The van der Waals surface area contributed by atoms with Crippen molar-refractivity contribution >= 4 is 44.9 Å². The van der Waals surface area contributed by atoms with Crippen LogP contribution < -0.4 is 10.9 Å². The van der Waals surface area contributed by atoms with E-state index in [-0.39, 0.29) is 17.2 Å². The van der Waals surface area contributed by atoms with E-state index in [4.69, 9.17) is 4.98 Å². The minimum atomic E-state index is -0.103. The molecular formula is C27H27N3O2S2. The molecule has 0 fully saturated rings. The molecule has 5 rings (SSSR count). The highest BCUT2D eigenvalue weighted by molar-refractivity contribution is 7.99. The number of thiophene rings is 1. The Labute approximate surface area is 207 Å². The molecule has 2 heterocycles. The molecule has 34 heavy (non-hydrogen) atoms. The Kier molecular flexibility index (Phi) is 6.83. The van der Waals surface area contributed by atoms with E-state index >= 15 is 0 Å². The number of carbonyl (C=O) groups is 1. The third kappa shape index (κ3) is 4.81. The van der Waals surface area contributed by atoms with Crippen LogP contribution in [-0.2, 0) is 30.6 Å². The van der Waals surface area contributed by atoms with Gasteiger partial charge in [0.1, 0.15) is 4.83 Å². The summed E-state index contributed by atoms with van der Waals surface area (Å²) in [6, 6.07) is 17.9. The first-order valence-electron chi connectivity index (χ1n) is 11.7. The number of aromatic nitrogens is 2. The Morgan fingerprint density at radius 3 is 2.68 bits per heavy atom. The molecule has 2 aromatic heterocycles. The molecule has 0 saturated carbocycles. The van der Waals surface area contributed by atoms with Crippen LogP contribution in [0.15, 0.2) is 64.5 Å². The van der Waals surface area contributed by atoms with Gasteiger partial charge in [-0.25, -0.2) is 4.98 Å². The summed E-state index contributed by atoms with van der Waals surface area (Å²) in [7, 11) is 0. The molecule has 1 aliphatic rings. The maximum absolute atomic E-state index is 13.7. The first kappa shape index (κ1) is 22.9. The van der Waals surface area contributed by atoms with E-state index in [1.165, 1.54) is 34.2 Å². The van der Waals surface area contributed by atoms with Gasteiger partial charge >= 0.3 is 0 Å². The number of amides is 1. The number of thioether (sulfide) groups is 1. The molecule has 5 nitrogen and oxygen atoms in total. The standard InChI is InChI=1S/C27H27N3O2S2/c1-18-9-5-7-13-21(18)28-23(31)17-33-27-29-25-24(20-12-6-8-14-22(20)34-25)26(32)30(27)16-15-19-10-3-2-4-11-19/h2-5,7,9-11,13H,6,8,12,14-17H2,1H3,(H,28,31). The maximum atomic E-state index is 13.7. The van der Waals surface area contributed by atoms with Gasteiger partial charge in [-0.05, 0) is 61.8 Å². The molecule has 0 spiro atoms. The minimum absolute atomic E-state index is 0.0298. The molecule has 1 aliphatic carbocycles. The molecule has 0 bridgehead atoms. The molecular weight excluding hydrogens is 462 g/mol. The Hall–Kier alpha value is -2.90. The fraction of sp³-hybridized carbons (Fsp3) is 0.296. The van der Waals surface area contributed by atoms with Crippen molar-refractivity contribution in [1.82, 2.24) is 9.55 Å². The number of anilines is 1. The Morgan fingerprint density at radius 1 is 1.09 bits per heavy atom. The van der Waals surface area contributed by atoms with Gasteiger partial charge in [0.2, 0.25) is 5.91 Å². The van der Waals surface area contributed by atoms with E-state index < -0.39 is 0 Å². The van der Waals surface area contributed by atoms with Crippen molar-refractivity contribution < 1.29 is 4.79 Å². The second kappa shape index (κ2) is 10.2. The summed E-state index contributed by atoms with van der Waals surface area (Å²) in [6.45, 7) is 2.51. The highest BCUT2D eigenvalue weighted by Gasteiger charge is 2.22. The zero-order chi connectivity index (χ0) is 23.5. The highest BCUT2D eigenvalue weighted by atomic mass is 32.2. The molecule has 7 heteroatoms. The van der Waals surface area contributed by atoms with Crippen molar-refractivity contribution in [2.24, 2.45) is 0 Å². The van der Waals surface area contributed by atoms with Gasteiger partial charge in [0, 0.05) is 17.1 Å². The molecule has 174 valence electrons. The van der Waals surface area contributed by atoms with Crippen LogP contribution in [0.1, 0.15) is 34.4 Å². The Morgan fingerprint density at radius 2 is 1.85 bits per heavy atom. The largest absolute Gasteiger partial charge is 0.325 e. The average Bonchev–Trinajstić information content (AvgIpc) is 3.23. The Bertz CT molecular complexity index is 1390. The number of fused-ring (bicyclic) bond motifs is 3. The summed E-state index contributed by atoms with van der Waals surface area (Å²) in [5.41, 5.74) is 4.23. The molecule has 0 aliphatic heterocycles. The minimum Gasteiger partial charge on any atom is -0.325 e. The predicted molar refractivity (Wildman–Crippen MR) is 141 cm³/mol. The van der Waals surface area contributed by atoms with Crippen molar-refractivity contribution in [2.45, 2.75) is 50.7 Å². The van der Waals surface area contributed by atoms with E-state index in [0.29, 0.717) is 11.7 Å². The predicted octanol–water partition coefficient (Wildman–Crippen LogP) is 5.62. The third-order valence-corrected chi connectivity index (χ3v) is 8.42. The van der Waals surface area contributed by atoms with Crippen molar-refractivity contribution in [3.05, 3.63) is 86.5 Å². The van der Waals surface area contributed by atoms with Crippen LogP contribution in [0, 0.1) is 6.92 Å². The van der Waals surface area contributed by atoms with Gasteiger partial charge in [0.05, 0.1) is 11.1 Å². The summed E-state index contributed by atoms with van der Waals surface area (Å²) in [4.78, 5) is 33.4. The molecule has 1 N–H and O–H groups in total. The number of hydrogen-bond donors (Lipinski definition) is 1. The van der Waals surface area contributed by atoms with Crippen LogP contribution >= 0.6 is 23.1 Å². The van der Waals surface area contributed by atoms with E-state index in [2.05, 4.69) is 17.4 Å². The Balaban J connectivity index is 1.44. The maximum Gasteiger partial charge on any atom is 0.263 e. The van der Waals surface area contributed by atoms with Crippen molar-refractivity contribution in [2.75, 3.05) is 11.1 Å². The first-order chi connectivity index (χ1) is 16.6. The smallest absolute Gasteiger partial charge is 0.263 e. The lowest BCUT2D eigenvalue weighted by atomic mass is 9.97. The number of nitrogens with zero attached hydrogens (tertiary/aromatic N) is 2. The van der Waals surface area contributed by atoms with E-state index in [9.17, 15) is 9.59 Å². The lowest BCUT2D eigenvalue weighted by Gasteiger charge is -2.14. The molecule has 0 atom stereocenters. The summed E-state index contributed by atoms with van der Waals surface area (Å²) in [6.07, 6.45) is 5.02. The van der Waals surface area contributed by atoms with Crippen LogP contribution in [0.5, 0.6) is 0 Å². The second-order valence-corrected chi connectivity index (χ2v) is 10.7. The van der Waals surface area contributed by atoms with Crippen LogP contribution in [-0.4, -0.2) is 21.2 Å². The highest BCUT2D eigenvalue weighted by Crippen LogP contribution is 2.34. The molecule has 0 saturated heterocycles. The van der Waals surface area contributed by atoms with Gasteiger partial charge < -0.3 is 5.32 Å². The van der Waals surface area contributed by atoms with Crippen molar-refractivity contribution in [3.8, 4) is 0 Å². The van der Waals surface area contributed by atoms with Gasteiger partial charge in [-0.15, -0.1) is 11.3 Å². The number of para-hydroxylation sites is 1. The fourth-order valence-electron chi connectivity index (χ4n) is 4.44. The van der Waals surface area contributed by atoms with E-state index in [0.717, 1.165) is 47.2 Å². The third-order valence-electron chi connectivity index (χ3n) is 6.26. The first-order valence-corrected chi connectivity index (χ1v) is 13.5.